The standard InChI is InChI=1S/C17H18N4O/c1-11(2)19-17(22)13-9-15(12-7-5-4-6-8-12)20-16-14(13)10-18-21(16)3/h4-11H,1-3H3,(H,19,22). The first kappa shape index (κ1) is 14.3. The lowest BCUT2D eigenvalue weighted by Gasteiger charge is -2.11. The van der Waals surface area contributed by atoms with Crippen LogP contribution in [-0.4, -0.2) is 26.7 Å². The smallest absolute Gasteiger partial charge is 0.252 e. The molecule has 0 spiro atoms. The van der Waals surface area contributed by atoms with Gasteiger partial charge in [0.2, 0.25) is 0 Å². The van der Waals surface area contributed by atoms with Gasteiger partial charge in [-0.2, -0.15) is 5.10 Å². The van der Waals surface area contributed by atoms with Gasteiger partial charge < -0.3 is 5.32 Å². The summed E-state index contributed by atoms with van der Waals surface area (Å²) in [6, 6.07) is 11.7. The molecule has 112 valence electrons. The Labute approximate surface area is 129 Å². The lowest BCUT2D eigenvalue weighted by Crippen LogP contribution is -2.30. The first-order valence-corrected chi connectivity index (χ1v) is 7.25. The number of nitrogens with one attached hydrogen (secondary N) is 1. The Kier molecular flexibility index (Phi) is 3.63. The molecular weight excluding hydrogens is 276 g/mol. The van der Waals surface area contributed by atoms with Gasteiger partial charge in [0.15, 0.2) is 5.65 Å². The molecule has 0 unspecified atom stereocenters. The van der Waals surface area contributed by atoms with E-state index in [1.165, 1.54) is 0 Å². The largest absolute Gasteiger partial charge is 0.350 e. The number of rotatable bonds is 3. The second-order valence-electron chi connectivity index (χ2n) is 5.55. The maximum Gasteiger partial charge on any atom is 0.252 e. The Morgan fingerprint density at radius 1 is 1.23 bits per heavy atom. The zero-order valence-electron chi connectivity index (χ0n) is 12.9. The molecule has 22 heavy (non-hydrogen) atoms. The van der Waals surface area contributed by atoms with Crippen molar-refractivity contribution in [1.29, 1.82) is 0 Å². The van der Waals surface area contributed by atoms with Crippen molar-refractivity contribution in [3.05, 3.63) is 48.2 Å². The van der Waals surface area contributed by atoms with Crippen molar-refractivity contribution >= 4 is 16.9 Å². The molecule has 0 bridgehead atoms. The van der Waals surface area contributed by atoms with Gasteiger partial charge in [0.25, 0.3) is 5.91 Å². The van der Waals surface area contributed by atoms with E-state index in [0.717, 1.165) is 16.6 Å². The molecule has 3 rings (SSSR count). The van der Waals surface area contributed by atoms with Crippen molar-refractivity contribution in [3.8, 4) is 11.3 Å². The van der Waals surface area contributed by atoms with Crippen LogP contribution in [-0.2, 0) is 7.05 Å². The Balaban J connectivity index is 2.20. The summed E-state index contributed by atoms with van der Waals surface area (Å²) in [4.78, 5) is 17.1. The van der Waals surface area contributed by atoms with Crippen LogP contribution >= 0.6 is 0 Å². The maximum absolute atomic E-state index is 12.5. The van der Waals surface area contributed by atoms with E-state index in [1.54, 1.807) is 10.9 Å². The van der Waals surface area contributed by atoms with Crippen LogP contribution in [0.1, 0.15) is 24.2 Å². The van der Waals surface area contributed by atoms with Crippen molar-refractivity contribution < 1.29 is 4.79 Å². The molecule has 5 nitrogen and oxygen atoms in total. The normalized spacial score (nSPS) is 11.1. The molecule has 0 fully saturated rings. The van der Waals surface area contributed by atoms with E-state index in [1.807, 2.05) is 57.3 Å². The fourth-order valence-electron chi connectivity index (χ4n) is 2.40. The molecule has 1 amide bonds. The third kappa shape index (κ3) is 2.57. The Morgan fingerprint density at radius 2 is 1.95 bits per heavy atom. The quantitative estimate of drug-likeness (QED) is 0.808. The lowest BCUT2D eigenvalue weighted by molar-refractivity contribution is 0.0945. The molecule has 0 aliphatic heterocycles. The van der Waals surface area contributed by atoms with Crippen molar-refractivity contribution in [3.63, 3.8) is 0 Å². The molecule has 0 saturated heterocycles. The molecule has 0 saturated carbocycles. The van der Waals surface area contributed by atoms with Crippen LogP contribution in [0.25, 0.3) is 22.3 Å². The van der Waals surface area contributed by atoms with E-state index in [9.17, 15) is 4.79 Å². The first-order valence-electron chi connectivity index (χ1n) is 7.25. The number of nitrogens with zero attached hydrogens (tertiary/aromatic N) is 3. The van der Waals surface area contributed by atoms with Gasteiger partial charge >= 0.3 is 0 Å². The zero-order valence-corrected chi connectivity index (χ0v) is 12.9. The lowest BCUT2D eigenvalue weighted by atomic mass is 10.1. The topological polar surface area (TPSA) is 59.8 Å². The van der Waals surface area contributed by atoms with Gasteiger partial charge in [0.1, 0.15) is 0 Å². The summed E-state index contributed by atoms with van der Waals surface area (Å²) < 4.78 is 1.69. The molecule has 1 aromatic carbocycles. The summed E-state index contributed by atoms with van der Waals surface area (Å²) in [5.41, 5.74) is 3.05. The Morgan fingerprint density at radius 3 is 2.64 bits per heavy atom. The summed E-state index contributed by atoms with van der Waals surface area (Å²) in [7, 11) is 1.83. The van der Waals surface area contributed by atoms with E-state index in [4.69, 9.17) is 0 Å². The second kappa shape index (κ2) is 5.60. The maximum atomic E-state index is 12.5. The summed E-state index contributed by atoms with van der Waals surface area (Å²) >= 11 is 0. The van der Waals surface area contributed by atoms with Crippen LogP contribution in [0.4, 0.5) is 0 Å². The number of aromatic nitrogens is 3. The molecule has 0 radical (unpaired) electrons. The fourth-order valence-corrected chi connectivity index (χ4v) is 2.40. The number of hydrogen-bond acceptors (Lipinski definition) is 3. The molecular formula is C17H18N4O. The number of aryl methyl sites for hydroxylation is 1. The third-order valence-electron chi connectivity index (χ3n) is 3.44. The second-order valence-corrected chi connectivity index (χ2v) is 5.55. The molecule has 0 aliphatic rings. The number of pyridine rings is 1. The average Bonchev–Trinajstić information content (AvgIpc) is 2.88. The first-order chi connectivity index (χ1) is 10.6. The van der Waals surface area contributed by atoms with E-state index >= 15 is 0 Å². The highest BCUT2D eigenvalue weighted by Gasteiger charge is 2.17. The van der Waals surface area contributed by atoms with E-state index in [-0.39, 0.29) is 11.9 Å². The minimum atomic E-state index is -0.104. The van der Waals surface area contributed by atoms with E-state index < -0.39 is 0 Å². The van der Waals surface area contributed by atoms with Crippen molar-refractivity contribution in [2.24, 2.45) is 7.05 Å². The molecule has 0 aliphatic carbocycles. The molecule has 0 atom stereocenters. The van der Waals surface area contributed by atoms with E-state index in [2.05, 4.69) is 15.4 Å². The molecule has 2 aromatic heterocycles. The highest BCUT2D eigenvalue weighted by atomic mass is 16.1. The molecule has 2 heterocycles. The number of carbonyl (C=O) groups is 1. The van der Waals surface area contributed by atoms with E-state index in [0.29, 0.717) is 11.2 Å². The van der Waals surface area contributed by atoms with Crippen LogP contribution in [0.5, 0.6) is 0 Å². The molecule has 1 N–H and O–H groups in total. The van der Waals surface area contributed by atoms with Crippen molar-refractivity contribution in [2.45, 2.75) is 19.9 Å². The summed E-state index contributed by atoms with van der Waals surface area (Å²) in [6.45, 7) is 3.88. The summed E-state index contributed by atoms with van der Waals surface area (Å²) in [6.07, 6.45) is 1.69. The van der Waals surface area contributed by atoms with Crippen LogP contribution < -0.4 is 5.32 Å². The monoisotopic (exact) mass is 294 g/mol. The highest BCUT2D eigenvalue weighted by molar-refractivity contribution is 6.06. The predicted molar refractivity (Wildman–Crippen MR) is 86.5 cm³/mol. The van der Waals surface area contributed by atoms with Crippen molar-refractivity contribution in [1.82, 2.24) is 20.1 Å². The average molecular weight is 294 g/mol. The number of fused-ring (bicyclic) bond motifs is 1. The minimum Gasteiger partial charge on any atom is -0.350 e. The van der Waals surface area contributed by atoms with Crippen LogP contribution in [0.3, 0.4) is 0 Å². The van der Waals surface area contributed by atoms with Gasteiger partial charge in [-0.3, -0.25) is 9.48 Å². The number of carbonyl (C=O) groups excluding carboxylic acids is 1. The number of amides is 1. The van der Waals surface area contributed by atoms with Crippen LogP contribution in [0.2, 0.25) is 0 Å². The minimum absolute atomic E-state index is 0.0764. The summed E-state index contributed by atoms with van der Waals surface area (Å²) in [5.74, 6) is -0.104. The van der Waals surface area contributed by atoms with Gasteiger partial charge in [0, 0.05) is 18.7 Å². The highest BCUT2D eigenvalue weighted by Crippen LogP contribution is 2.24. The van der Waals surface area contributed by atoms with Crippen LogP contribution in [0.15, 0.2) is 42.6 Å². The SMILES string of the molecule is CC(C)NC(=O)c1cc(-c2ccccc2)nc2c1cnn2C. The Bertz CT molecular complexity index is 821. The van der Waals surface area contributed by atoms with Gasteiger partial charge in [-0.15, -0.1) is 0 Å². The third-order valence-corrected chi connectivity index (χ3v) is 3.44. The number of benzene rings is 1. The zero-order chi connectivity index (χ0) is 15.7. The molecule has 3 aromatic rings. The van der Waals surface area contributed by atoms with Gasteiger partial charge in [-0.1, -0.05) is 30.3 Å². The van der Waals surface area contributed by atoms with Gasteiger partial charge in [0.05, 0.1) is 22.8 Å². The van der Waals surface area contributed by atoms with Crippen molar-refractivity contribution in [2.75, 3.05) is 0 Å². The molecule has 5 heteroatoms. The van der Waals surface area contributed by atoms with Gasteiger partial charge in [-0.25, -0.2) is 4.98 Å². The Hall–Kier alpha value is -2.69. The number of hydrogen-bond donors (Lipinski definition) is 1. The summed E-state index contributed by atoms with van der Waals surface area (Å²) in [5, 5.41) is 7.93. The fraction of sp³-hybridized carbons (Fsp3) is 0.235. The predicted octanol–water partition coefficient (Wildman–Crippen LogP) is 2.77. The van der Waals surface area contributed by atoms with Crippen LogP contribution in [0, 0.1) is 0 Å². The van der Waals surface area contributed by atoms with Gasteiger partial charge in [-0.05, 0) is 19.9 Å².